The third kappa shape index (κ3) is 2.10. The van der Waals surface area contributed by atoms with Gasteiger partial charge in [-0.15, -0.1) is 0 Å². The summed E-state index contributed by atoms with van der Waals surface area (Å²) >= 11 is 5.94. The highest BCUT2D eigenvalue weighted by Crippen LogP contribution is 2.16. The first-order valence-corrected chi connectivity index (χ1v) is 5.86. The third-order valence-electron chi connectivity index (χ3n) is 2.54. The lowest BCUT2D eigenvalue weighted by molar-refractivity contribution is 0.766. The van der Waals surface area contributed by atoms with Gasteiger partial charge in [-0.05, 0) is 18.9 Å². The number of aromatic amines is 1. The minimum Gasteiger partial charge on any atom is -0.312 e. The Balaban J connectivity index is 2.63. The van der Waals surface area contributed by atoms with E-state index in [1.165, 1.54) is 6.33 Å². The first-order valence-electron chi connectivity index (χ1n) is 5.48. The first-order chi connectivity index (χ1) is 8.17. The minimum atomic E-state index is -0.354. The molecule has 2 rings (SSSR count). The molecule has 0 fully saturated rings. The topological polar surface area (TPSA) is 63.6 Å². The van der Waals surface area contributed by atoms with Crippen LogP contribution in [0.3, 0.4) is 0 Å². The highest BCUT2D eigenvalue weighted by molar-refractivity contribution is 6.31. The van der Waals surface area contributed by atoms with Crippen LogP contribution in [0.5, 0.6) is 0 Å². The molecule has 17 heavy (non-hydrogen) atoms. The van der Waals surface area contributed by atoms with Gasteiger partial charge in [0.05, 0.1) is 12.0 Å². The molecule has 0 bridgehead atoms. The van der Waals surface area contributed by atoms with Crippen molar-refractivity contribution in [1.29, 1.82) is 0 Å². The van der Waals surface area contributed by atoms with Gasteiger partial charge in [-0.1, -0.05) is 25.4 Å². The zero-order chi connectivity index (χ0) is 12.4. The van der Waals surface area contributed by atoms with Gasteiger partial charge in [0, 0.05) is 5.69 Å². The van der Waals surface area contributed by atoms with E-state index in [1.807, 2.05) is 19.9 Å². The van der Waals surface area contributed by atoms with Crippen molar-refractivity contribution in [1.82, 2.24) is 19.7 Å². The molecule has 90 valence electrons. The molecule has 0 aliphatic heterocycles. The standard InChI is InChI=1S/C11H13ClN4O/c1-3-7-5-8(4-2)16(15-7)10-9(12)11(17)14-6-13-10/h5-6H,3-4H2,1-2H3,(H,13,14,17). The van der Waals surface area contributed by atoms with Crippen molar-refractivity contribution in [3.8, 4) is 5.82 Å². The summed E-state index contributed by atoms with van der Waals surface area (Å²) in [5.74, 6) is 0.381. The predicted octanol–water partition coefficient (Wildman–Crippen LogP) is 1.73. The van der Waals surface area contributed by atoms with E-state index >= 15 is 0 Å². The van der Waals surface area contributed by atoms with E-state index in [4.69, 9.17) is 11.6 Å². The summed E-state index contributed by atoms with van der Waals surface area (Å²) in [5, 5.41) is 4.45. The maximum absolute atomic E-state index is 11.4. The number of H-pyrrole nitrogens is 1. The maximum Gasteiger partial charge on any atom is 0.271 e. The summed E-state index contributed by atoms with van der Waals surface area (Å²) in [4.78, 5) is 17.9. The van der Waals surface area contributed by atoms with Crippen LogP contribution in [0, 0.1) is 0 Å². The Bertz CT molecular complexity index is 587. The average molecular weight is 253 g/mol. The fraction of sp³-hybridized carbons (Fsp3) is 0.364. The molecule has 2 aromatic heterocycles. The third-order valence-corrected chi connectivity index (χ3v) is 2.88. The molecule has 0 spiro atoms. The number of hydrogen-bond acceptors (Lipinski definition) is 3. The van der Waals surface area contributed by atoms with Crippen LogP contribution in [0.1, 0.15) is 25.2 Å². The molecule has 2 aromatic rings. The lowest BCUT2D eigenvalue weighted by atomic mass is 10.2. The van der Waals surface area contributed by atoms with Crippen LogP contribution in [-0.4, -0.2) is 19.7 Å². The second-order valence-corrected chi connectivity index (χ2v) is 3.99. The van der Waals surface area contributed by atoms with E-state index in [2.05, 4.69) is 15.1 Å². The summed E-state index contributed by atoms with van der Waals surface area (Å²) in [5.41, 5.74) is 1.59. The number of halogens is 1. The number of aryl methyl sites for hydroxylation is 2. The summed E-state index contributed by atoms with van der Waals surface area (Å²) in [6.07, 6.45) is 2.97. The minimum absolute atomic E-state index is 0.0629. The zero-order valence-electron chi connectivity index (χ0n) is 9.70. The monoisotopic (exact) mass is 252 g/mol. The highest BCUT2D eigenvalue weighted by atomic mass is 35.5. The van der Waals surface area contributed by atoms with E-state index in [1.54, 1.807) is 4.68 Å². The number of rotatable bonds is 3. The largest absolute Gasteiger partial charge is 0.312 e. The fourth-order valence-electron chi connectivity index (χ4n) is 1.60. The smallest absolute Gasteiger partial charge is 0.271 e. The maximum atomic E-state index is 11.4. The molecule has 0 saturated heterocycles. The Morgan fingerprint density at radius 2 is 2.18 bits per heavy atom. The molecule has 5 nitrogen and oxygen atoms in total. The Hall–Kier alpha value is -1.62. The summed E-state index contributed by atoms with van der Waals surface area (Å²) in [6, 6.07) is 2.00. The lowest BCUT2D eigenvalue weighted by Crippen LogP contribution is -2.14. The van der Waals surface area contributed by atoms with Gasteiger partial charge in [-0.25, -0.2) is 9.67 Å². The van der Waals surface area contributed by atoms with Gasteiger partial charge in [-0.3, -0.25) is 4.79 Å². The van der Waals surface area contributed by atoms with Crippen molar-refractivity contribution in [2.75, 3.05) is 0 Å². The van der Waals surface area contributed by atoms with Gasteiger partial charge < -0.3 is 4.98 Å². The van der Waals surface area contributed by atoms with Gasteiger partial charge in [0.25, 0.3) is 5.56 Å². The van der Waals surface area contributed by atoms with Crippen molar-refractivity contribution in [3.05, 3.63) is 39.2 Å². The van der Waals surface area contributed by atoms with Crippen LogP contribution in [0.25, 0.3) is 5.82 Å². The molecule has 0 atom stereocenters. The summed E-state index contributed by atoms with van der Waals surface area (Å²) < 4.78 is 1.64. The van der Waals surface area contributed by atoms with Crippen molar-refractivity contribution < 1.29 is 0 Å². The van der Waals surface area contributed by atoms with E-state index in [0.717, 1.165) is 24.2 Å². The van der Waals surface area contributed by atoms with Crippen molar-refractivity contribution in [2.24, 2.45) is 0 Å². The molecular weight excluding hydrogens is 240 g/mol. The van der Waals surface area contributed by atoms with Gasteiger partial charge in [0.2, 0.25) is 0 Å². The number of hydrogen-bond donors (Lipinski definition) is 1. The van der Waals surface area contributed by atoms with Gasteiger partial charge in [0.1, 0.15) is 0 Å². The van der Waals surface area contributed by atoms with Crippen LogP contribution in [-0.2, 0) is 12.8 Å². The Kier molecular flexibility index (Phi) is 3.28. The SMILES string of the molecule is CCc1cc(CC)n(-c2nc[nH]c(=O)c2Cl)n1. The molecule has 0 amide bonds. The lowest BCUT2D eigenvalue weighted by Gasteiger charge is -2.05. The highest BCUT2D eigenvalue weighted by Gasteiger charge is 2.13. The average Bonchev–Trinajstić information content (AvgIpc) is 2.76. The molecule has 0 saturated carbocycles. The Morgan fingerprint density at radius 3 is 2.82 bits per heavy atom. The van der Waals surface area contributed by atoms with E-state index in [-0.39, 0.29) is 10.6 Å². The van der Waals surface area contributed by atoms with Crippen LogP contribution < -0.4 is 5.56 Å². The molecule has 6 heteroatoms. The summed E-state index contributed by atoms with van der Waals surface area (Å²) in [7, 11) is 0. The molecule has 1 N–H and O–H groups in total. The van der Waals surface area contributed by atoms with Crippen LogP contribution in [0.15, 0.2) is 17.2 Å². The molecule has 0 aromatic carbocycles. The molecule has 2 heterocycles. The Labute approximate surface area is 103 Å². The molecule has 0 aliphatic rings. The van der Waals surface area contributed by atoms with E-state index in [0.29, 0.717) is 5.82 Å². The number of nitrogens with one attached hydrogen (secondary N) is 1. The number of nitrogens with zero attached hydrogens (tertiary/aromatic N) is 3. The van der Waals surface area contributed by atoms with E-state index in [9.17, 15) is 4.79 Å². The Morgan fingerprint density at radius 1 is 1.41 bits per heavy atom. The summed E-state index contributed by atoms with van der Waals surface area (Å²) in [6.45, 7) is 4.05. The van der Waals surface area contributed by atoms with Gasteiger partial charge in [0.15, 0.2) is 10.8 Å². The normalized spacial score (nSPS) is 10.8. The van der Waals surface area contributed by atoms with Crippen molar-refractivity contribution >= 4 is 11.6 Å². The molecule has 0 aliphatic carbocycles. The second-order valence-electron chi connectivity index (χ2n) is 3.62. The van der Waals surface area contributed by atoms with Gasteiger partial charge >= 0.3 is 0 Å². The molecule has 0 unspecified atom stereocenters. The first kappa shape index (κ1) is 11.9. The zero-order valence-corrected chi connectivity index (χ0v) is 10.5. The van der Waals surface area contributed by atoms with Crippen molar-refractivity contribution in [2.45, 2.75) is 26.7 Å². The molecular formula is C11H13ClN4O. The fourth-order valence-corrected chi connectivity index (χ4v) is 1.79. The van der Waals surface area contributed by atoms with Crippen LogP contribution in [0.4, 0.5) is 0 Å². The predicted molar refractivity (Wildman–Crippen MR) is 65.7 cm³/mol. The molecule has 0 radical (unpaired) electrons. The van der Waals surface area contributed by atoms with Crippen LogP contribution in [0.2, 0.25) is 5.02 Å². The van der Waals surface area contributed by atoms with E-state index < -0.39 is 0 Å². The van der Waals surface area contributed by atoms with Crippen LogP contribution >= 0.6 is 11.6 Å². The number of aromatic nitrogens is 4. The quantitative estimate of drug-likeness (QED) is 0.905. The van der Waals surface area contributed by atoms with Gasteiger partial charge in [-0.2, -0.15) is 5.10 Å². The second kappa shape index (κ2) is 4.71. The van der Waals surface area contributed by atoms with Crippen molar-refractivity contribution in [3.63, 3.8) is 0 Å².